The molecule has 4 rings (SSSR count). The number of nitrogens with zero attached hydrogens (tertiary/aromatic N) is 2. The van der Waals surface area contributed by atoms with E-state index in [9.17, 15) is 9.59 Å². The molecule has 0 radical (unpaired) electrons. The summed E-state index contributed by atoms with van der Waals surface area (Å²) >= 11 is 13.1. The van der Waals surface area contributed by atoms with Gasteiger partial charge in [0.1, 0.15) is 24.3 Å². The van der Waals surface area contributed by atoms with E-state index in [1.807, 2.05) is 44.2 Å². The molecule has 10 heteroatoms. The van der Waals surface area contributed by atoms with Crippen LogP contribution in [0.4, 0.5) is 5.69 Å². The van der Waals surface area contributed by atoms with Crippen molar-refractivity contribution in [2.75, 3.05) is 24.8 Å². The maximum Gasteiger partial charge on any atom is 0.326 e. The van der Waals surface area contributed by atoms with E-state index in [2.05, 4.69) is 19.6 Å². The van der Waals surface area contributed by atoms with Gasteiger partial charge in [0.15, 0.2) is 0 Å². The monoisotopic (exact) mass is 672 g/mol. The number of rotatable bonds is 10. The highest BCUT2D eigenvalue weighted by Crippen LogP contribution is 2.58. The predicted octanol–water partition coefficient (Wildman–Crippen LogP) is 7.97. The number of fused-ring (bicyclic) bond motifs is 2. The highest BCUT2D eigenvalue weighted by Gasteiger charge is 2.65. The standard InChI is InChI=1S/C35H46Cl2N2O5Si/c1-9-23(10-2)32-35(27-15-14-26(37)19-29(27)39(33(35)42)22-43-16-17-45(6,7)8)28(24-12-11-13-25(36)18-24)20-30(40)38(32)21-31(41)44-34(3,4)5/h9,11-15,18-19,28,32H,10,16-17,20-22H2,1-8H3/t28-,32+,35-/m0/s1. The number of carbonyl (C=O) groups excluding carboxylic acids is 3. The van der Waals surface area contributed by atoms with Gasteiger partial charge in [0.2, 0.25) is 11.8 Å². The van der Waals surface area contributed by atoms with Crippen molar-refractivity contribution in [3.8, 4) is 0 Å². The van der Waals surface area contributed by atoms with Gasteiger partial charge >= 0.3 is 5.97 Å². The summed E-state index contributed by atoms with van der Waals surface area (Å²) in [6, 6.07) is 13.0. The zero-order chi connectivity index (χ0) is 33.3. The van der Waals surface area contributed by atoms with E-state index >= 15 is 4.79 Å². The molecule has 1 fully saturated rings. The highest BCUT2D eigenvalue weighted by atomic mass is 35.5. The van der Waals surface area contributed by atoms with Crippen LogP contribution >= 0.6 is 23.2 Å². The van der Waals surface area contributed by atoms with Crippen molar-refractivity contribution in [1.82, 2.24) is 4.90 Å². The van der Waals surface area contributed by atoms with Crippen LogP contribution in [0.15, 0.2) is 54.1 Å². The van der Waals surface area contributed by atoms with E-state index in [1.54, 1.807) is 48.8 Å². The topological polar surface area (TPSA) is 76.2 Å². The second-order valence-corrected chi connectivity index (χ2v) is 20.6. The fourth-order valence-electron chi connectivity index (χ4n) is 6.67. The molecule has 2 aromatic rings. The van der Waals surface area contributed by atoms with Gasteiger partial charge in [0.25, 0.3) is 0 Å². The summed E-state index contributed by atoms with van der Waals surface area (Å²) in [5.41, 5.74) is 1.01. The molecule has 2 aliphatic heterocycles. The third-order valence-electron chi connectivity index (χ3n) is 8.60. The first-order valence-electron chi connectivity index (χ1n) is 15.6. The molecular weight excluding hydrogens is 627 g/mol. The molecule has 2 aromatic carbocycles. The molecule has 244 valence electrons. The predicted molar refractivity (Wildman–Crippen MR) is 184 cm³/mol. The Morgan fingerprint density at radius 3 is 2.38 bits per heavy atom. The Kier molecular flexibility index (Phi) is 10.6. The Bertz CT molecular complexity index is 1480. The minimum Gasteiger partial charge on any atom is -0.459 e. The number of amides is 2. The van der Waals surface area contributed by atoms with Gasteiger partial charge in [0, 0.05) is 37.1 Å². The number of carbonyl (C=O) groups is 3. The molecule has 0 bridgehead atoms. The summed E-state index contributed by atoms with van der Waals surface area (Å²) in [7, 11) is -1.37. The molecule has 0 aliphatic carbocycles. The molecule has 2 amide bonds. The fraction of sp³-hybridized carbons (Fsp3) is 0.514. The van der Waals surface area contributed by atoms with Crippen molar-refractivity contribution in [3.05, 3.63) is 75.3 Å². The van der Waals surface area contributed by atoms with Gasteiger partial charge in [-0.15, -0.1) is 0 Å². The summed E-state index contributed by atoms with van der Waals surface area (Å²) < 4.78 is 11.9. The number of esters is 1. The Labute approximate surface area is 278 Å². The zero-order valence-corrected chi connectivity index (χ0v) is 30.2. The van der Waals surface area contributed by atoms with Gasteiger partial charge in [-0.2, -0.15) is 0 Å². The van der Waals surface area contributed by atoms with Crippen LogP contribution in [-0.4, -0.2) is 62.3 Å². The molecule has 0 unspecified atom stereocenters. The van der Waals surface area contributed by atoms with Crippen LogP contribution in [-0.2, 0) is 29.3 Å². The third kappa shape index (κ3) is 7.35. The molecule has 1 spiro atoms. The average molecular weight is 674 g/mol. The van der Waals surface area contributed by atoms with Crippen LogP contribution in [0.5, 0.6) is 0 Å². The Hall–Kier alpha value is -2.65. The first kappa shape index (κ1) is 35.2. The lowest BCUT2D eigenvalue weighted by Crippen LogP contribution is -2.65. The van der Waals surface area contributed by atoms with Gasteiger partial charge in [-0.25, -0.2) is 0 Å². The average Bonchev–Trinajstić information content (AvgIpc) is 3.16. The van der Waals surface area contributed by atoms with Crippen molar-refractivity contribution in [1.29, 1.82) is 0 Å². The number of anilines is 1. The second kappa shape index (κ2) is 13.6. The summed E-state index contributed by atoms with van der Waals surface area (Å²) in [5, 5.41) is 0.999. The Morgan fingerprint density at radius 1 is 1.09 bits per heavy atom. The number of likely N-dealkylation sites (tertiary alicyclic amines) is 1. The van der Waals surface area contributed by atoms with E-state index in [0.717, 1.165) is 22.7 Å². The largest absolute Gasteiger partial charge is 0.459 e. The van der Waals surface area contributed by atoms with Crippen LogP contribution in [0.3, 0.4) is 0 Å². The molecule has 45 heavy (non-hydrogen) atoms. The molecule has 2 aliphatic rings. The molecule has 2 heterocycles. The third-order valence-corrected chi connectivity index (χ3v) is 10.8. The highest BCUT2D eigenvalue weighted by molar-refractivity contribution is 6.76. The molecule has 7 nitrogen and oxygen atoms in total. The maximum atomic E-state index is 15.3. The maximum absolute atomic E-state index is 15.3. The number of hydrogen-bond acceptors (Lipinski definition) is 5. The van der Waals surface area contributed by atoms with Gasteiger partial charge in [-0.05, 0) is 75.6 Å². The molecule has 0 aromatic heterocycles. The number of hydrogen-bond donors (Lipinski definition) is 0. The number of piperidine rings is 1. The quantitative estimate of drug-likeness (QED) is 0.111. The van der Waals surface area contributed by atoms with E-state index in [0.29, 0.717) is 28.8 Å². The summed E-state index contributed by atoms with van der Waals surface area (Å²) in [6.45, 7) is 16.4. The fourth-order valence-corrected chi connectivity index (χ4v) is 7.79. The molecule has 0 saturated carbocycles. The van der Waals surface area contributed by atoms with E-state index in [4.69, 9.17) is 32.7 Å². The lowest BCUT2D eigenvalue weighted by atomic mass is 9.58. The summed E-state index contributed by atoms with van der Waals surface area (Å²) in [5.74, 6) is -1.54. The number of allylic oxidation sites excluding steroid dienone is 1. The second-order valence-electron chi connectivity index (χ2n) is 14.2. The molecule has 0 N–H and O–H groups in total. The molecule has 3 atom stereocenters. The van der Waals surface area contributed by atoms with Gasteiger partial charge in [-0.3, -0.25) is 19.3 Å². The summed E-state index contributed by atoms with van der Waals surface area (Å²) in [6.07, 6.45) is 2.52. The Morgan fingerprint density at radius 2 is 1.78 bits per heavy atom. The van der Waals surface area contributed by atoms with Crippen molar-refractivity contribution in [2.24, 2.45) is 0 Å². The van der Waals surface area contributed by atoms with Gasteiger partial charge in [0.05, 0.1) is 11.7 Å². The van der Waals surface area contributed by atoms with Crippen molar-refractivity contribution >= 4 is 54.7 Å². The summed E-state index contributed by atoms with van der Waals surface area (Å²) in [4.78, 5) is 46.1. The smallest absolute Gasteiger partial charge is 0.326 e. The van der Waals surface area contributed by atoms with Crippen molar-refractivity contribution in [2.45, 2.75) is 96.1 Å². The molecular formula is C35H46Cl2N2O5Si. The van der Waals surface area contributed by atoms with Crippen LogP contribution in [0.1, 0.15) is 64.5 Å². The zero-order valence-electron chi connectivity index (χ0n) is 27.7. The van der Waals surface area contributed by atoms with Crippen molar-refractivity contribution < 1.29 is 23.9 Å². The number of benzene rings is 2. The minimum absolute atomic E-state index is 0.00151. The van der Waals surface area contributed by atoms with Gasteiger partial charge < -0.3 is 14.4 Å². The molecule has 1 saturated heterocycles. The van der Waals surface area contributed by atoms with Crippen LogP contribution in [0.2, 0.25) is 35.7 Å². The lowest BCUT2D eigenvalue weighted by Gasteiger charge is -2.52. The Balaban J connectivity index is 1.96. The van der Waals surface area contributed by atoms with E-state index < -0.39 is 37.0 Å². The number of ether oxygens (including phenoxy) is 2. The van der Waals surface area contributed by atoms with Gasteiger partial charge in [-0.1, -0.05) is 79.6 Å². The SMILES string of the molecule is CC=C(CC)[C@H]1N(CC(=O)OC(C)(C)C)C(=O)C[C@@H](c2cccc(Cl)c2)[C@]12C(=O)N(COCC[Si](C)(C)C)c1cc(Cl)ccc12. The minimum atomic E-state index is -1.37. The van der Waals surface area contributed by atoms with Crippen LogP contribution in [0.25, 0.3) is 0 Å². The van der Waals surface area contributed by atoms with E-state index in [-0.39, 0.29) is 31.5 Å². The van der Waals surface area contributed by atoms with E-state index in [1.165, 1.54) is 0 Å². The number of halogens is 2. The first-order valence-corrected chi connectivity index (χ1v) is 20.1. The lowest BCUT2D eigenvalue weighted by molar-refractivity contribution is -0.163. The van der Waals surface area contributed by atoms with Crippen LogP contribution in [0, 0.1) is 0 Å². The normalized spacial score (nSPS) is 22.3. The van der Waals surface area contributed by atoms with Crippen LogP contribution < -0.4 is 4.90 Å². The first-order chi connectivity index (χ1) is 21.0. The van der Waals surface area contributed by atoms with Crippen molar-refractivity contribution in [3.63, 3.8) is 0 Å².